The number of benzene rings is 2. The number of primary amides is 1. The van der Waals surface area contributed by atoms with Gasteiger partial charge in [-0.2, -0.15) is 0 Å². The van der Waals surface area contributed by atoms with Crippen molar-refractivity contribution in [2.24, 2.45) is 5.73 Å². The summed E-state index contributed by atoms with van der Waals surface area (Å²) in [6, 6.07) is 17.8. The van der Waals surface area contributed by atoms with Gasteiger partial charge in [-0.25, -0.2) is 9.97 Å². The lowest BCUT2D eigenvalue weighted by molar-refractivity contribution is 0.100. The number of aryl methyl sites for hydroxylation is 2. The highest BCUT2D eigenvalue weighted by molar-refractivity contribution is 6.01. The van der Waals surface area contributed by atoms with Crippen molar-refractivity contribution in [2.75, 3.05) is 44.6 Å². The van der Waals surface area contributed by atoms with E-state index < -0.39 is 5.91 Å². The van der Waals surface area contributed by atoms with Crippen molar-refractivity contribution in [3.63, 3.8) is 0 Å². The van der Waals surface area contributed by atoms with Gasteiger partial charge < -0.3 is 20.8 Å². The van der Waals surface area contributed by atoms with Gasteiger partial charge in [0, 0.05) is 56.8 Å². The molecule has 2 aromatic carbocycles. The van der Waals surface area contributed by atoms with Gasteiger partial charge in [0.15, 0.2) is 0 Å². The average molecular weight is 485 g/mol. The van der Waals surface area contributed by atoms with E-state index in [4.69, 9.17) is 10.2 Å². The third-order valence-electron chi connectivity index (χ3n) is 6.66. The van der Waals surface area contributed by atoms with E-state index in [1.807, 2.05) is 30.3 Å². The first-order valence-electron chi connectivity index (χ1n) is 12.6. The Labute approximate surface area is 210 Å². The van der Waals surface area contributed by atoms with Crippen LogP contribution in [0.2, 0.25) is 0 Å². The summed E-state index contributed by atoms with van der Waals surface area (Å²) in [7, 11) is 0. The number of carbonyl (C=O) groups excluding carboxylic acids is 1. The van der Waals surface area contributed by atoms with Crippen molar-refractivity contribution >= 4 is 22.8 Å². The van der Waals surface area contributed by atoms with E-state index in [1.165, 1.54) is 0 Å². The smallest absolute Gasteiger partial charge is 0.248 e. The molecule has 1 saturated heterocycles. The van der Waals surface area contributed by atoms with Crippen molar-refractivity contribution < 1.29 is 9.21 Å². The lowest BCUT2D eigenvalue weighted by atomic mass is 9.99. The topological polar surface area (TPSA) is 109 Å². The second-order valence-electron chi connectivity index (χ2n) is 9.10. The van der Waals surface area contributed by atoms with Crippen LogP contribution in [0.5, 0.6) is 0 Å². The first kappa shape index (κ1) is 24.0. The van der Waals surface area contributed by atoms with E-state index >= 15 is 0 Å². The quantitative estimate of drug-likeness (QED) is 0.316. The number of amides is 1. The van der Waals surface area contributed by atoms with E-state index in [2.05, 4.69) is 37.6 Å². The fourth-order valence-electron chi connectivity index (χ4n) is 4.76. The first-order chi connectivity index (χ1) is 17.7. The maximum Gasteiger partial charge on any atom is 0.248 e. The van der Waals surface area contributed by atoms with Gasteiger partial charge in [-0.3, -0.25) is 9.69 Å². The Morgan fingerprint density at radius 3 is 2.56 bits per heavy atom. The zero-order valence-electron chi connectivity index (χ0n) is 20.4. The summed E-state index contributed by atoms with van der Waals surface area (Å²) in [5, 5.41) is 7.87. The number of fused-ring (bicyclic) bond motifs is 1. The Balaban J connectivity index is 1.36. The van der Waals surface area contributed by atoms with Gasteiger partial charge >= 0.3 is 0 Å². The van der Waals surface area contributed by atoms with Crippen molar-refractivity contribution in [3.05, 3.63) is 77.8 Å². The molecule has 0 bridgehead atoms. The zero-order valence-corrected chi connectivity index (χ0v) is 20.4. The molecule has 0 aliphatic carbocycles. The maximum absolute atomic E-state index is 11.3. The van der Waals surface area contributed by atoms with Crippen LogP contribution < -0.4 is 16.4 Å². The molecule has 4 N–H and O–H groups in total. The number of hydrogen-bond acceptors (Lipinski definition) is 7. The second-order valence-corrected chi connectivity index (χ2v) is 9.10. The summed E-state index contributed by atoms with van der Waals surface area (Å²) in [5.74, 6) is 1.32. The molecular formula is C28H32N6O2. The maximum atomic E-state index is 11.3. The molecule has 1 fully saturated rings. The summed E-state index contributed by atoms with van der Waals surface area (Å²) in [4.78, 5) is 22.8. The molecule has 36 heavy (non-hydrogen) atoms. The van der Waals surface area contributed by atoms with E-state index in [-0.39, 0.29) is 0 Å². The van der Waals surface area contributed by atoms with E-state index in [0.717, 1.165) is 92.2 Å². The van der Waals surface area contributed by atoms with Crippen LogP contribution in [0.4, 0.5) is 5.82 Å². The Kier molecular flexibility index (Phi) is 7.54. The molecule has 0 unspecified atom stereocenters. The van der Waals surface area contributed by atoms with Crippen molar-refractivity contribution in [1.29, 1.82) is 0 Å². The van der Waals surface area contributed by atoms with Crippen molar-refractivity contribution in [2.45, 2.75) is 19.3 Å². The SMILES string of the molecule is NC(=O)c1ccc(CCCc2oc3ncnc(NCCN4CCNCC4)c3c2-c2ccccc2)cc1. The van der Waals surface area contributed by atoms with E-state index in [1.54, 1.807) is 18.5 Å². The predicted molar refractivity (Wildman–Crippen MR) is 142 cm³/mol. The minimum atomic E-state index is -0.408. The first-order valence-corrected chi connectivity index (χ1v) is 12.6. The van der Waals surface area contributed by atoms with Crippen LogP contribution in [0.15, 0.2) is 65.3 Å². The number of aromatic nitrogens is 2. The summed E-state index contributed by atoms with van der Waals surface area (Å²) in [6.45, 7) is 5.98. The van der Waals surface area contributed by atoms with Crippen LogP contribution in [0.25, 0.3) is 22.2 Å². The van der Waals surface area contributed by atoms with Crippen LogP contribution in [-0.4, -0.2) is 60.0 Å². The fourth-order valence-corrected chi connectivity index (χ4v) is 4.76. The van der Waals surface area contributed by atoms with E-state index in [0.29, 0.717) is 11.3 Å². The molecule has 0 saturated carbocycles. The molecule has 3 heterocycles. The molecule has 1 aliphatic heterocycles. The van der Waals surface area contributed by atoms with Gasteiger partial charge in [-0.1, -0.05) is 42.5 Å². The monoisotopic (exact) mass is 484 g/mol. The highest BCUT2D eigenvalue weighted by Crippen LogP contribution is 2.38. The number of nitrogens with two attached hydrogens (primary N) is 1. The number of nitrogens with zero attached hydrogens (tertiary/aromatic N) is 3. The van der Waals surface area contributed by atoms with Gasteiger partial charge in [-0.05, 0) is 36.1 Å². The number of rotatable bonds is 10. The summed E-state index contributed by atoms with van der Waals surface area (Å²) < 4.78 is 6.31. The number of carbonyl (C=O) groups is 1. The molecule has 1 aliphatic rings. The minimum Gasteiger partial charge on any atom is -0.442 e. The van der Waals surface area contributed by atoms with Crippen LogP contribution in [0.1, 0.15) is 28.1 Å². The Bertz CT molecular complexity index is 1300. The molecular weight excluding hydrogens is 452 g/mol. The Morgan fingerprint density at radius 2 is 1.81 bits per heavy atom. The van der Waals surface area contributed by atoms with Crippen LogP contribution in [0, 0.1) is 0 Å². The highest BCUT2D eigenvalue weighted by Gasteiger charge is 2.21. The molecule has 186 valence electrons. The zero-order chi connectivity index (χ0) is 24.7. The molecule has 8 nitrogen and oxygen atoms in total. The lowest BCUT2D eigenvalue weighted by Gasteiger charge is -2.27. The standard InChI is InChI=1S/C28H32N6O2/c29-26(35)22-11-9-20(10-12-22)5-4-8-23-24(21-6-2-1-3-7-21)25-27(32-19-33-28(25)36-23)31-15-18-34-16-13-30-14-17-34/h1-3,6-7,9-12,19,30H,4-5,8,13-18H2,(H2,29,35)(H,31,32,33). The average Bonchev–Trinajstić information content (AvgIpc) is 3.29. The Hall–Kier alpha value is -3.75. The number of nitrogens with one attached hydrogen (secondary N) is 2. The van der Waals surface area contributed by atoms with Crippen LogP contribution >= 0.6 is 0 Å². The van der Waals surface area contributed by atoms with Gasteiger partial charge in [0.1, 0.15) is 17.9 Å². The lowest BCUT2D eigenvalue weighted by Crippen LogP contribution is -2.45. The normalized spacial score (nSPS) is 14.2. The highest BCUT2D eigenvalue weighted by atomic mass is 16.3. The summed E-state index contributed by atoms with van der Waals surface area (Å²) in [6.07, 6.45) is 4.09. The molecule has 0 spiro atoms. The largest absolute Gasteiger partial charge is 0.442 e. The minimum absolute atomic E-state index is 0.408. The fraction of sp³-hybridized carbons (Fsp3) is 0.321. The molecule has 5 rings (SSSR count). The third kappa shape index (κ3) is 5.56. The molecule has 4 aromatic rings. The number of furan rings is 1. The van der Waals surface area contributed by atoms with E-state index in [9.17, 15) is 4.79 Å². The van der Waals surface area contributed by atoms with Crippen LogP contribution in [-0.2, 0) is 12.8 Å². The number of piperazine rings is 1. The Morgan fingerprint density at radius 1 is 1.03 bits per heavy atom. The predicted octanol–water partition coefficient (Wildman–Crippen LogP) is 3.48. The van der Waals surface area contributed by atoms with Crippen molar-refractivity contribution in [1.82, 2.24) is 20.2 Å². The van der Waals surface area contributed by atoms with Gasteiger partial charge in [0.05, 0.1) is 5.39 Å². The molecule has 0 radical (unpaired) electrons. The van der Waals surface area contributed by atoms with Gasteiger partial charge in [0.25, 0.3) is 0 Å². The molecule has 8 heteroatoms. The number of hydrogen-bond donors (Lipinski definition) is 3. The van der Waals surface area contributed by atoms with Gasteiger partial charge in [-0.15, -0.1) is 0 Å². The summed E-state index contributed by atoms with van der Waals surface area (Å²) >= 11 is 0. The number of anilines is 1. The van der Waals surface area contributed by atoms with Crippen molar-refractivity contribution in [3.8, 4) is 11.1 Å². The summed E-state index contributed by atoms with van der Waals surface area (Å²) in [5.41, 5.74) is 9.80. The van der Waals surface area contributed by atoms with Crippen LogP contribution in [0.3, 0.4) is 0 Å². The molecule has 0 atom stereocenters. The third-order valence-corrected chi connectivity index (χ3v) is 6.66. The molecule has 2 aromatic heterocycles. The molecule has 1 amide bonds. The van der Waals surface area contributed by atoms with Gasteiger partial charge in [0.2, 0.25) is 11.6 Å². The second kappa shape index (κ2) is 11.3.